The highest BCUT2D eigenvalue weighted by molar-refractivity contribution is 7.55. The van der Waals surface area contributed by atoms with Crippen molar-refractivity contribution in [3.8, 4) is 0 Å². The first-order chi connectivity index (χ1) is 13.6. The first-order valence-electron chi connectivity index (χ1n) is 9.94. The van der Waals surface area contributed by atoms with Crippen molar-refractivity contribution in [3.63, 3.8) is 0 Å². The second-order valence-corrected chi connectivity index (χ2v) is 9.65. The number of benzene rings is 1. The van der Waals surface area contributed by atoms with Gasteiger partial charge in [-0.15, -0.1) is 0 Å². The molecule has 4 N–H and O–H groups in total. The van der Waals surface area contributed by atoms with Crippen LogP contribution in [0.2, 0.25) is 0 Å². The molecule has 0 aliphatic rings. The molecule has 1 aromatic carbocycles. The molecule has 0 saturated heterocycles. The zero-order chi connectivity index (χ0) is 21.9. The van der Waals surface area contributed by atoms with E-state index in [1.807, 2.05) is 45.9 Å². The number of carbonyl (C=O) groups is 2. The lowest BCUT2D eigenvalue weighted by atomic mass is 10.0. The van der Waals surface area contributed by atoms with Crippen LogP contribution in [0.25, 0.3) is 0 Å². The molecule has 1 aromatic rings. The van der Waals surface area contributed by atoms with Crippen molar-refractivity contribution in [1.82, 2.24) is 15.7 Å². The van der Waals surface area contributed by atoms with E-state index in [2.05, 4.69) is 15.7 Å². The molecular weight excluding hydrogens is 393 g/mol. The summed E-state index contributed by atoms with van der Waals surface area (Å²) in [6.07, 6.45) is -0.00854. The summed E-state index contributed by atoms with van der Waals surface area (Å²) in [5, 5.41) is 7.62. The number of amides is 2. The van der Waals surface area contributed by atoms with Gasteiger partial charge in [-0.1, -0.05) is 64.4 Å². The lowest BCUT2D eigenvalue weighted by molar-refractivity contribution is -0.123. The molecule has 8 nitrogen and oxygen atoms in total. The Labute approximate surface area is 173 Å². The van der Waals surface area contributed by atoms with E-state index in [0.717, 1.165) is 12.0 Å². The maximum Gasteiger partial charge on any atom is 0.407 e. The normalized spacial score (nSPS) is 15.2. The fourth-order valence-electron chi connectivity index (χ4n) is 2.47. The molecule has 0 aliphatic carbocycles. The predicted molar refractivity (Wildman–Crippen MR) is 113 cm³/mol. The third-order valence-corrected chi connectivity index (χ3v) is 5.66. The van der Waals surface area contributed by atoms with Crippen LogP contribution < -0.4 is 15.7 Å². The van der Waals surface area contributed by atoms with Crippen molar-refractivity contribution in [3.05, 3.63) is 35.9 Å². The standard InChI is InChI=1S/C20H34N3O5P/c1-5-16(4)12-21-19(24)18(11-15(2)3)23-29(26,27)14-22-20(25)28-13-17-9-7-6-8-10-17/h6-10,15-16,18H,5,11-14H2,1-4H3,(H,21,24)(H,22,25)(H2,23,26,27)/t16-,18-/m0/s1. The molecule has 3 atom stereocenters. The van der Waals surface area contributed by atoms with Crippen LogP contribution >= 0.6 is 7.52 Å². The van der Waals surface area contributed by atoms with Crippen LogP contribution in [-0.4, -0.2) is 35.8 Å². The lowest BCUT2D eigenvalue weighted by Gasteiger charge is -2.24. The molecule has 1 unspecified atom stereocenters. The van der Waals surface area contributed by atoms with Crippen molar-refractivity contribution in [2.75, 3.05) is 12.8 Å². The van der Waals surface area contributed by atoms with Gasteiger partial charge in [0, 0.05) is 6.54 Å². The van der Waals surface area contributed by atoms with Gasteiger partial charge >= 0.3 is 6.09 Å². The molecule has 0 fully saturated rings. The zero-order valence-corrected chi connectivity index (χ0v) is 18.6. The summed E-state index contributed by atoms with van der Waals surface area (Å²) in [4.78, 5) is 34.5. The fraction of sp³-hybridized carbons (Fsp3) is 0.600. The Kier molecular flexibility index (Phi) is 10.9. The predicted octanol–water partition coefficient (Wildman–Crippen LogP) is 3.22. The van der Waals surface area contributed by atoms with E-state index in [1.54, 1.807) is 12.1 Å². The van der Waals surface area contributed by atoms with E-state index in [1.165, 1.54) is 0 Å². The second-order valence-electron chi connectivity index (χ2n) is 7.67. The van der Waals surface area contributed by atoms with Crippen molar-refractivity contribution in [1.29, 1.82) is 0 Å². The Morgan fingerprint density at radius 3 is 2.38 bits per heavy atom. The van der Waals surface area contributed by atoms with Gasteiger partial charge in [0.2, 0.25) is 5.91 Å². The average molecular weight is 427 g/mol. The Hall–Kier alpha value is -1.89. The molecule has 1 rings (SSSR count). The molecule has 2 amide bonds. The van der Waals surface area contributed by atoms with E-state index >= 15 is 0 Å². The van der Waals surface area contributed by atoms with E-state index in [4.69, 9.17) is 4.74 Å². The number of alkyl carbamates (subject to hydrolysis) is 1. The Bertz CT molecular complexity index is 684. The molecular formula is C20H34N3O5P. The van der Waals surface area contributed by atoms with Crippen molar-refractivity contribution in [2.24, 2.45) is 11.8 Å². The summed E-state index contributed by atoms with van der Waals surface area (Å²) in [6.45, 7) is 8.48. The van der Waals surface area contributed by atoms with Crippen LogP contribution in [0, 0.1) is 11.8 Å². The molecule has 0 heterocycles. The molecule has 164 valence electrons. The number of rotatable bonds is 12. The molecule has 9 heteroatoms. The van der Waals surface area contributed by atoms with Crippen molar-refractivity contribution >= 4 is 19.5 Å². The van der Waals surface area contributed by atoms with Crippen LogP contribution in [0.1, 0.15) is 46.1 Å². The number of hydrogen-bond donors (Lipinski definition) is 4. The van der Waals surface area contributed by atoms with Crippen LogP contribution in [0.5, 0.6) is 0 Å². The van der Waals surface area contributed by atoms with Gasteiger partial charge in [0.15, 0.2) is 0 Å². The SMILES string of the molecule is CC[C@H](C)CNC(=O)[C@H](CC(C)C)NP(=O)(O)CNC(=O)OCc1ccccc1. The minimum atomic E-state index is -3.99. The van der Waals surface area contributed by atoms with Crippen molar-refractivity contribution < 1.29 is 23.8 Å². The van der Waals surface area contributed by atoms with Gasteiger partial charge in [0.25, 0.3) is 7.52 Å². The van der Waals surface area contributed by atoms with Crippen molar-refractivity contribution in [2.45, 2.75) is 53.2 Å². The molecule has 0 bridgehead atoms. The summed E-state index contributed by atoms with van der Waals surface area (Å²) in [7, 11) is -3.99. The maximum atomic E-state index is 12.5. The van der Waals surface area contributed by atoms with Crippen LogP contribution in [0.3, 0.4) is 0 Å². The zero-order valence-electron chi connectivity index (χ0n) is 17.7. The van der Waals surface area contributed by atoms with Crippen LogP contribution in [0.4, 0.5) is 4.79 Å². The van der Waals surface area contributed by atoms with E-state index in [9.17, 15) is 19.0 Å². The van der Waals surface area contributed by atoms with Gasteiger partial charge in [0.05, 0.1) is 6.04 Å². The maximum absolute atomic E-state index is 12.5. The number of nitrogens with one attached hydrogen (secondary N) is 3. The van der Waals surface area contributed by atoms with Gasteiger partial charge < -0.3 is 20.3 Å². The summed E-state index contributed by atoms with van der Waals surface area (Å²) in [5.41, 5.74) is 0.808. The average Bonchev–Trinajstić information content (AvgIpc) is 2.68. The quantitative estimate of drug-likeness (QED) is 0.381. The number of hydrogen-bond acceptors (Lipinski definition) is 4. The molecule has 0 spiro atoms. The summed E-state index contributed by atoms with van der Waals surface area (Å²) in [5.74, 6) is 0.145. The minimum absolute atomic E-state index is 0.0594. The topological polar surface area (TPSA) is 117 Å². The monoisotopic (exact) mass is 427 g/mol. The Balaban J connectivity index is 2.54. The fourth-order valence-corrected chi connectivity index (χ4v) is 3.61. The lowest BCUT2D eigenvalue weighted by Crippen LogP contribution is -2.45. The van der Waals surface area contributed by atoms with E-state index < -0.39 is 25.9 Å². The first-order valence-corrected chi connectivity index (χ1v) is 11.8. The third kappa shape index (κ3) is 11.0. The highest BCUT2D eigenvalue weighted by Gasteiger charge is 2.29. The largest absolute Gasteiger partial charge is 0.445 e. The highest BCUT2D eigenvalue weighted by atomic mass is 31.2. The molecule has 0 saturated carbocycles. The van der Waals surface area contributed by atoms with Gasteiger partial charge in [-0.05, 0) is 23.8 Å². The summed E-state index contributed by atoms with van der Waals surface area (Å²) >= 11 is 0. The molecule has 0 aliphatic heterocycles. The summed E-state index contributed by atoms with van der Waals surface area (Å²) in [6, 6.07) is 8.29. The van der Waals surface area contributed by atoms with E-state index in [-0.39, 0.29) is 18.4 Å². The Morgan fingerprint density at radius 1 is 1.14 bits per heavy atom. The Morgan fingerprint density at radius 2 is 1.79 bits per heavy atom. The van der Waals surface area contributed by atoms with Crippen LogP contribution in [0.15, 0.2) is 30.3 Å². The first kappa shape index (κ1) is 25.1. The highest BCUT2D eigenvalue weighted by Crippen LogP contribution is 2.35. The van der Waals surface area contributed by atoms with Gasteiger partial charge in [-0.2, -0.15) is 0 Å². The second kappa shape index (κ2) is 12.6. The van der Waals surface area contributed by atoms with Gasteiger partial charge in [-0.25, -0.2) is 9.88 Å². The minimum Gasteiger partial charge on any atom is -0.445 e. The molecule has 0 radical (unpaired) electrons. The molecule has 29 heavy (non-hydrogen) atoms. The third-order valence-electron chi connectivity index (χ3n) is 4.35. The number of ether oxygens (including phenoxy) is 1. The van der Waals surface area contributed by atoms with E-state index in [0.29, 0.717) is 18.9 Å². The summed E-state index contributed by atoms with van der Waals surface area (Å²) < 4.78 is 17.5. The smallest absolute Gasteiger partial charge is 0.407 e. The van der Waals surface area contributed by atoms with Crippen LogP contribution in [-0.2, 0) is 20.7 Å². The van der Waals surface area contributed by atoms with Gasteiger partial charge in [0.1, 0.15) is 12.9 Å². The molecule has 0 aromatic heterocycles. The number of carbonyl (C=O) groups excluding carboxylic acids is 2. The van der Waals surface area contributed by atoms with Gasteiger partial charge in [-0.3, -0.25) is 9.36 Å².